The fourth-order valence-corrected chi connectivity index (χ4v) is 2.73. The molecule has 1 aromatic rings. The molecule has 2 unspecified atom stereocenters. The van der Waals surface area contributed by atoms with Crippen molar-refractivity contribution in [3.63, 3.8) is 0 Å². The van der Waals surface area contributed by atoms with Gasteiger partial charge in [-0.3, -0.25) is 4.79 Å². The summed E-state index contributed by atoms with van der Waals surface area (Å²) >= 11 is 0. The van der Waals surface area contributed by atoms with Crippen molar-refractivity contribution in [3.8, 4) is 5.75 Å². The Morgan fingerprint density at radius 3 is 2.62 bits per heavy atom. The number of hydrogen-bond acceptors (Lipinski definition) is 4. The standard InChI is InChI=1S/C16H21NO4/c1-4-21-13-7-5-12(6-8-13)11(2)17-14(16(19)20-3)9-10-15(17)18/h5-8,11,14H,4,9-10H2,1-3H3. The topological polar surface area (TPSA) is 55.8 Å². The molecule has 5 nitrogen and oxygen atoms in total. The van der Waals surface area contributed by atoms with Crippen molar-refractivity contribution in [2.24, 2.45) is 0 Å². The van der Waals surface area contributed by atoms with Crippen LogP contribution in [0.25, 0.3) is 0 Å². The van der Waals surface area contributed by atoms with Crippen LogP contribution in [-0.4, -0.2) is 36.5 Å². The molecule has 1 aliphatic rings. The number of nitrogens with zero attached hydrogens (tertiary/aromatic N) is 1. The number of carbonyl (C=O) groups is 2. The van der Waals surface area contributed by atoms with E-state index in [4.69, 9.17) is 9.47 Å². The molecule has 0 aliphatic carbocycles. The molecule has 0 N–H and O–H groups in total. The third-order valence-corrected chi connectivity index (χ3v) is 3.82. The number of ether oxygens (including phenoxy) is 2. The lowest BCUT2D eigenvalue weighted by Crippen LogP contribution is -2.40. The number of rotatable bonds is 5. The second-order valence-electron chi connectivity index (χ2n) is 5.06. The highest BCUT2D eigenvalue weighted by Crippen LogP contribution is 2.31. The van der Waals surface area contributed by atoms with E-state index in [1.807, 2.05) is 38.1 Å². The minimum absolute atomic E-state index is 0.00761. The predicted molar refractivity (Wildman–Crippen MR) is 77.9 cm³/mol. The van der Waals surface area contributed by atoms with Gasteiger partial charge < -0.3 is 14.4 Å². The maximum absolute atomic E-state index is 12.1. The van der Waals surface area contributed by atoms with Gasteiger partial charge in [0.1, 0.15) is 11.8 Å². The van der Waals surface area contributed by atoms with E-state index < -0.39 is 6.04 Å². The highest BCUT2D eigenvalue weighted by molar-refractivity contribution is 5.88. The Balaban J connectivity index is 2.18. The van der Waals surface area contributed by atoms with E-state index in [1.165, 1.54) is 7.11 Å². The number of hydrogen-bond donors (Lipinski definition) is 0. The summed E-state index contributed by atoms with van der Waals surface area (Å²) in [5.74, 6) is 0.441. The Morgan fingerprint density at radius 1 is 1.38 bits per heavy atom. The average molecular weight is 291 g/mol. The lowest BCUT2D eigenvalue weighted by Gasteiger charge is -2.29. The van der Waals surface area contributed by atoms with Crippen LogP contribution in [0.4, 0.5) is 0 Å². The third-order valence-electron chi connectivity index (χ3n) is 3.82. The molecule has 2 rings (SSSR count). The molecule has 0 spiro atoms. The van der Waals surface area contributed by atoms with Crippen LogP contribution in [0, 0.1) is 0 Å². The first-order valence-corrected chi connectivity index (χ1v) is 7.20. The second kappa shape index (κ2) is 6.61. The summed E-state index contributed by atoms with van der Waals surface area (Å²) in [5.41, 5.74) is 0.975. The van der Waals surface area contributed by atoms with E-state index in [1.54, 1.807) is 4.90 Å². The zero-order valence-corrected chi connectivity index (χ0v) is 12.7. The summed E-state index contributed by atoms with van der Waals surface area (Å²) in [6.45, 7) is 4.47. The summed E-state index contributed by atoms with van der Waals surface area (Å²) < 4.78 is 10.2. The SMILES string of the molecule is CCOc1ccc(C(C)N2C(=O)CCC2C(=O)OC)cc1. The average Bonchev–Trinajstić information content (AvgIpc) is 2.88. The normalized spacial score (nSPS) is 19.5. The molecule has 114 valence electrons. The smallest absolute Gasteiger partial charge is 0.328 e. The molecule has 1 aromatic carbocycles. The molecule has 21 heavy (non-hydrogen) atoms. The van der Waals surface area contributed by atoms with Crippen LogP contribution >= 0.6 is 0 Å². The van der Waals surface area contributed by atoms with Gasteiger partial charge in [-0.2, -0.15) is 0 Å². The minimum atomic E-state index is -0.482. The Hall–Kier alpha value is -2.04. The van der Waals surface area contributed by atoms with Gasteiger partial charge in [0.15, 0.2) is 0 Å². The maximum atomic E-state index is 12.1. The highest BCUT2D eigenvalue weighted by Gasteiger charge is 2.39. The predicted octanol–water partition coefficient (Wildman–Crippen LogP) is 2.31. The van der Waals surface area contributed by atoms with E-state index in [2.05, 4.69) is 0 Å². The number of likely N-dealkylation sites (tertiary alicyclic amines) is 1. The summed E-state index contributed by atoms with van der Waals surface area (Å²) in [6.07, 6.45) is 0.911. The molecular weight excluding hydrogens is 270 g/mol. The monoisotopic (exact) mass is 291 g/mol. The number of amides is 1. The Kier molecular flexibility index (Phi) is 4.83. The van der Waals surface area contributed by atoms with E-state index in [-0.39, 0.29) is 17.9 Å². The Bertz CT molecular complexity index is 512. The van der Waals surface area contributed by atoms with Crippen molar-refractivity contribution >= 4 is 11.9 Å². The molecule has 1 saturated heterocycles. The van der Waals surface area contributed by atoms with Crippen molar-refractivity contribution in [1.29, 1.82) is 0 Å². The van der Waals surface area contributed by atoms with Gasteiger partial charge in [-0.15, -0.1) is 0 Å². The Morgan fingerprint density at radius 2 is 2.05 bits per heavy atom. The molecule has 0 aromatic heterocycles. The fraction of sp³-hybridized carbons (Fsp3) is 0.500. The minimum Gasteiger partial charge on any atom is -0.494 e. The van der Waals surface area contributed by atoms with Crippen LogP contribution in [0.5, 0.6) is 5.75 Å². The van der Waals surface area contributed by atoms with E-state index in [0.717, 1.165) is 11.3 Å². The summed E-state index contributed by atoms with van der Waals surface area (Å²) in [6, 6.07) is 6.96. The van der Waals surface area contributed by atoms with Crippen molar-refractivity contribution in [3.05, 3.63) is 29.8 Å². The summed E-state index contributed by atoms with van der Waals surface area (Å²) in [7, 11) is 1.35. The van der Waals surface area contributed by atoms with Crippen LogP contribution in [-0.2, 0) is 14.3 Å². The molecule has 0 radical (unpaired) electrons. The zero-order valence-electron chi connectivity index (χ0n) is 12.7. The molecule has 1 fully saturated rings. The van der Waals surface area contributed by atoms with Crippen molar-refractivity contribution < 1.29 is 19.1 Å². The van der Waals surface area contributed by atoms with Gasteiger partial charge in [-0.1, -0.05) is 12.1 Å². The first-order chi connectivity index (χ1) is 10.1. The van der Waals surface area contributed by atoms with Crippen LogP contribution in [0.1, 0.15) is 38.3 Å². The number of esters is 1. The van der Waals surface area contributed by atoms with Gasteiger partial charge in [-0.05, 0) is 38.0 Å². The van der Waals surface area contributed by atoms with Crippen LogP contribution < -0.4 is 4.74 Å². The van der Waals surface area contributed by atoms with Gasteiger partial charge in [0.05, 0.1) is 19.8 Å². The quantitative estimate of drug-likeness (QED) is 0.781. The lowest BCUT2D eigenvalue weighted by molar-refractivity contribution is -0.150. The first kappa shape index (κ1) is 15.4. The molecule has 1 amide bonds. The molecule has 5 heteroatoms. The molecule has 0 saturated carbocycles. The Labute approximate surface area is 124 Å². The van der Waals surface area contributed by atoms with Gasteiger partial charge in [0.2, 0.25) is 5.91 Å². The van der Waals surface area contributed by atoms with Crippen molar-refractivity contribution in [1.82, 2.24) is 4.90 Å². The second-order valence-corrected chi connectivity index (χ2v) is 5.06. The largest absolute Gasteiger partial charge is 0.494 e. The fourth-order valence-electron chi connectivity index (χ4n) is 2.73. The number of carbonyl (C=O) groups excluding carboxylic acids is 2. The molecule has 1 aliphatic heterocycles. The van der Waals surface area contributed by atoms with E-state index >= 15 is 0 Å². The molecular formula is C16H21NO4. The van der Waals surface area contributed by atoms with Gasteiger partial charge in [0, 0.05) is 6.42 Å². The van der Waals surface area contributed by atoms with Gasteiger partial charge >= 0.3 is 5.97 Å². The van der Waals surface area contributed by atoms with E-state index in [0.29, 0.717) is 19.4 Å². The lowest BCUT2D eigenvalue weighted by atomic mass is 10.1. The zero-order chi connectivity index (χ0) is 15.4. The van der Waals surface area contributed by atoms with Crippen LogP contribution in [0.15, 0.2) is 24.3 Å². The third kappa shape index (κ3) is 3.17. The van der Waals surface area contributed by atoms with Crippen molar-refractivity contribution in [2.45, 2.75) is 38.8 Å². The van der Waals surface area contributed by atoms with Crippen molar-refractivity contribution in [2.75, 3.05) is 13.7 Å². The highest BCUT2D eigenvalue weighted by atomic mass is 16.5. The first-order valence-electron chi connectivity index (χ1n) is 7.20. The van der Waals surface area contributed by atoms with Crippen LogP contribution in [0.2, 0.25) is 0 Å². The molecule has 2 atom stereocenters. The molecule has 0 bridgehead atoms. The van der Waals surface area contributed by atoms with Gasteiger partial charge in [0.25, 0.3) is 0 Å². The maximum Gasteiger partial charge on any atom is 0.328 e. The number of benzene rings is 1. The molecule has 1 heterocycles. The number of methoxy groups -OCH3 is 1. The summed E-state index contributed by atoms with van der Waals surface area (Å²) in [4.78, 5) is 25.5. The van der Waals surface area contributed by atoms with Crippen LogP contribution in [0.3, 0.4) is 0 Å². The van der Waals surface area contributed by atoms with E-state index in [9.17, 15) is 9.59 Å². The van der Waals surface area contributed by atoms with Gasteiger partial charge in [-0.25, -0.2) is 4.79 Å². The summed E-state index contributed by atoms with van der Waals surface area (Å²) in [5, 5.41) is 0.